The first-order valence-electron chi connectivity index (χ1n) is 6.92. The molecule has 108 valence electrons. The van der Waals surface area contributed by atoms with Crippen LogP contribution in [-0.4, -0.2) is 5.11 Å². The van der Waals surface area contributed by atoms with Crippen LogP contribution in [0.5, 0.6) is 0 Å². The van der Waals surface area contributed by atoms with E-state index in [-0.39, 0.29) is 6.10 Å². The summed E-state index contributed by atoms with van der Waals surface area (Å²) >= 11 is 11.0. The van der Waals surface area contributed by atoms with Gasteiger partial charge in [0.2, 0.25) is 0 Å². The van der Waals surface area contributed by atoms with Crippen molar-refractivity contribution in [3.05, 3.63) is 19.8 Å². The van der Waals surface area contributed by atoms with Gasteiger partial charge < -0.3 is 5.11 Å². The molecule has 19 heavy (non-hydrogen) atoms. The summed E-state index contributed by atoms with van der Waals surface area (Å²) in [5.41, 5.74) is 0.394. The van der Waals surface area contributed by atoms with E-state index in [2.05, 4.69) is 36.7 Å². The van der Waals surface area contributed by atoms with Gasteiger partial charge in [-0.1, -0.05) is 32.4 Å². The van der Waals surface area contributed by atoms with Crippen molar-refractivity contribution in [2.75, 3.05) is 0 Å². The van der Waals surface area contributed by atoms with Crippen molar-refractivity contribution in [2.45, 2.75) is 52.6 Å². The van der Waals surface area contributed by atoms with Gasteiger partial charge in [0.15, 0.2) is 0 Å². The van der Waals surface area contributed by atoms with E-state index in [0.717, 1.165) is 27.4 Å². The zero-order valence-electron chi connectivity index (χ0n) is 11.7. The molecule has 1 aliphatic rings. The Kier molecular flexibility index (Phi) is 5.03. The molecule has 1 aliphatic carbocycles. The summed E-state index contributed by atoms with van der Waals surface area (Å²) in [5.74, 6) is 1.18. The molecule has 1 nitrogen and oxygen atoms in total. The average Bonchev–Trinajstić information content (AvgIpc) is 2.68. The highest BCUT2D eigenvalue weighted by Crippen LogP contribution is 2.45. The first-order valence-corrected chi connectivity index (χ1v) is 8.90. The summed E-state index contributed by atoms with van der Waals surface area (Å²) in [6.45, 7) is 6.97. The van der Waals surface area contributed by atoms with Crippen LogP contribution >= 0.6 is 38.9 Å². The number of aliphatic hydroxyl groups excluding tert-OH is 1. The Morgan fingerprint density at radius 2 is 1.89 bits per heavy atom. The van der Waals surface area contributed by atoms with Gasteiger partial charge in [0.25, 0.3) is 0 Å². The highest BCUT2D eigenvalue weighted by atomic mass is 79.9. The van der Waals surface area contributed by atoms with E-state index < -0.39 is 0 Å². The second-order valence-electron chi connectivity index (χ2n) is 6.69. The molecular formula is C15H22BrClOS. The number of aliphatic hydroxyl groups is 1. The Bertz CT molecular complexity index is 410. The topological polar surface area (TPSA) is 20.2 Å². The largest absolute Gasteiger partial charge is 0.387 e. The van der Waals surface area contributed by atoms with Crippen molar-refractivity contribution in [1.29, 1.82) is 0 Å². The summed E-state index contributed by atoms with van der Waals surface area (Å²) in [6, 6.07) is 1.90. The van der Waals surface area contributed by atoms with Crippen LogP contribution in [-0.2, 0) is 0 Å². The van der Waals surface area contributed by atoms with Crippen LogP contribution in [0.1, 0.15) is 57.4 Å². The Balaban J connectivity index is 1.98. The molecule has 0 radical (unpaired) electrons. The molecule has 0 spiro atoms. The Morgan fingerprint density at radius 1 is 1.32 bits per heavy atom. The van der Waals surface area contributed by atoms with Crippen molar-refractivity contribution in [3.8, 4) is 0 Å². The van der Waals surface area contributed by atoms with Crippen LogP contribution in [0.4, 0.5) is 0 Å². The monoisotopic (exact) mass is 364 g/mol. The number of thiophene rings is 1. The molecule has 1 aromatic rings. The lowest BCUT2D eigenvalue weighted by Crippen LogP contribution is -2.27. The molecule has 2 rings (SSSR count). The molecule has 0 amide bonds. The third kappa shape index (κ3) is 3.75. The second-order valence-corrected chi connectivity index (χ2v) is 9.50. The van der Waals surface area contributed by atoms with Gasteiger partial charge in [0.05, 0.1) is 14.9 Å². The molecule has 0 saturated heterocycles. The van der Waals surface area contributed by atoms with E-state index in [1.165, 1.54) is 12.8 Å². The first kappa shape index (κ1) is 15.8. The van der Waals surface area contributed by atoms with Crippen molar-refractivity contribution >= 4 is 38.9 Å². The molecule has 1 saturated carbocycles. The molecule has 1 heterocycles. The molecule has 1 N–H and O–H groups in total. The minimum Gasteiger partial charge on any atom is -0.387 e. The number of hydrogen-bond donors (Lipinski definition) is 1. The van der Waals surface area contributed by atoms with E-state index in [9.17, 15) is 5.11 Å². The lowest BCUT2D eigenvalue weighted by molar-refractivity contribution is 0.0550. The lowest BCUT2D eigenvalue weighted by atomic mass is 9.69. The fraction of sp³-hybridized carbons (Fsp3) is 0.733. The zero-order valence-corrected chi connectivity index (χ0v) is 14.9. The Hall–Kier alpha value is 0.430. The van der Waals surface area contributed by atoms with Crippen LogP contribution < -0.4 is 0 Å². The van der Waals surface area contributed by atoms with E-state index in [0.29, 0.717) is 16.4 Å². The SMILES string of the molecule is CC(C)(C)C1CCC(C(O)c2cc(Cl)c(Br)s2)CC1. The fourth-order valence-electron chi connectivity index (χ4n) is 3.04. The summed E-state index contributed by atoms with van der Waals surface area (Å²) in [6.07, 6.45) is 4.35. The van der Waals surface area contributed by atoms with Gasteiger partial charge in [-0.2, -0.15) is 0 Å². The number of hydrogen-bond acceptors (Lipinski definition) is 2. The summed E-state index contributed by atoms with van der Waals surface area (Å²) in [5, 5.41) is 11.2. The highest BCUT2D eigenvalue weighted by molar-refractivity contribution is 9.11. The van der Waals surface area contributed by atoms with Gasteiger partial charge in [0.1, 0.15) is 0 Å². The maximum absolute atomic E-state index is 10.5. The lowest BCUT2D eigenvalue weighted by Gasteiger charge is -2.38. The molecule has 1 atom stereocenters. The molecule has 0 aromatic carbocycles. The minimum atomic E-state index is -0.352. The van der Waals surface area contributed by atoms with E-state index >= 15 is 0 Å². The normalized spacial score (nSPS) is 26.4. The molecule has 1 unspecified atom stereocenters. The summed E-state index contributed by atoms with van der Waals surface area (Å²) < 4.78 is 0.923. The Labute approximate surface area is 133 Å². The maximum Gasteiger partial charge on any atom is 0.0910 e. The first-order chi connectivity index (χ1) is 8.79. The van der Waals surface area contributed by atoms with Crippen LogP contribution in [0.25, 0.3) is 0 Å². The number of rotatable bonds is 2. The van der Waals surface area contributed by atoms with Crippen molar-refractivity contribution in [1.82, 2.24) is 0 Å². The van der Waals surface area contributed by atoms with Crippen LogP contribution in [0.15, 0.2) is 9.85 Å². The van der Waals surface area contributed by atoms with Crippen LogP contribution in [0.3, 0.4) is 0 Å². The van der Waals surface area contributed by atoms with Crippen molar-refractivity contribution < 1.29 is 5.11 Å². The third-order valence-electron chi connectivity index (χ3n) is 4.40. The molecule has 1 fully saturated rings. The second kappa shape index (κ2) is 6.05. The van der Waals surface area contributed by atoms with Crippen molar-refractivity contribution in [3.63, 3.8) is 0 Å². The molecular weight excluding hydrogens is 344 g/mol. The molecule has 0 bridgehead atoms. The average molecular weight is 366 g/mol. The van der Waals surface area contributed by atoms with Crippen LogP contribution in [0.2, 0.25) is 5.02 Å². The highest BCUT2D eigenvalue weighted by Gasteiger charge is 2.33. The predicted octanol–water partition coefficient (Wildman–Crippen LogP) is 6.05. The van der Waals surface area contributed by atoms with E-state index in [1.807, 2.05) is 6.07 Å². The quantitative estimate of drug-likeness (QED) is 0.676. The van der Waals surface area contributed by atoms with E-state index in [4.69, 9.17) is 11.6 Å². The van der Waals surface area contributed by atoms with Gasteiger partial charge >= 0.3 is 0 Å². The van der Waals surface area contributed by atoms with Gasteiger partial charge in [-0.3, -0.25) is 0 Å². The summed E-state index contributed by atoms with van der Waals surface area (Å²) in [7, 11) is 0. The smallest absolute Gasteiger partial charge is 0.0910 e. The Morgan fingerprint density at radius 3 is 2.32 bits per heavy atom. The van der Waals surface area contributed by atoms with Crippen LogP contribution in [0, 0.1) is 17.3 Å². The van der Waals surface area contributed by atoms with Gasteiger partial charge in [-0.05, 0) is 64.9 Å². The molecule has 0 aliphatic heterocycles. The fourth-order valence-corrected chi connectivity index (χ4v) is 4.87. The van der Waals surface area contributed by atoms with Gasteiger partial charge in [-0.15, -0.1) is 11.3 Å². The van der Waals surface area contributed by atoms with Crippen molar-refractivity contribution in [2.24, 2.45) is 17.3 Å². The summed E-state index contributed by atoms with van der Waals surface area (Å²) in [4.78, 5) is 0.996. The third-order valence-corrected chi connectivity index (χ3v) is 6.94. The molecule has 1 aromatic heterocycles. The predicted molar refractivity (Wildman–Crippen MR) is 86.9 cm³/mol. The minimum absolute atomic E-state index is 0.352. The standard InChI is InChI=1S/C15H22BrClOS/c1-15(2,3)10-6-4-9(5-7-10)13(18)12-8-11(17)14(16)19-12/h8-10,13,18H,4-7H2,1-3H3. The zero-order chi connectivity index (χ0) is 14.2. The maximum atomic E-state index is 10.5. The van der Waals surface area contributed by atoms with Gasteiger partial charge in [-0.25, -0.2) is 0 Å². The van der Waals surface area contributed by atoms with Gasteiger partial charge in [0, 0.05) is 4.88 Å². The number of halogens is 2. The van der Waals surface area contributed by atoms with E-state index in [1.54, 1.807) is 11.3 Å². The molecule has 4 heteroatoms.